The molecule has 2 N–H and O–H groups in total. The highest BCUT2D eigenvalue weighted by atomic mass is 16.1. The normalized spacial score (nSPS) is 29.9. The van der Waals surface area contributed by atoms with E-state index in [0.29, 0.717) is 16.7 Å². The molecular weight excluding hydrogens is 260 g/mol. The Morgan fingerprint density at radius 1 is 1.14 bits per heavy atom. The first-order chi connectivity index (χ1) is 9.80. The van der Waals surface area contributed by atoms with Crippen LogP contribution in [0.3, 0.4) is 0 Å². The molecule has 122 valence electrons. The van der Waals surface area contributed by atoms with Gasteiger partial charge in [-0.3, -0.25) is 4.79 Å². The molecule has 2 aliphatic rings. The van der Waals surface area contributed by atoms with Gasteiger partial charge in [-0.1, -0.05) is 27.7 Å². The van der Waals surface area contributed by atoms with E-state index >= 15 is 0 Å². The number of hydrogen-bond donors (Lipinski definition) is 2. The molecule has 1 amide bonds. The summed E-state index contributed by atoms with van der Waals surface area (Å²) in [6, 6.07) is 0. The third kappa shape index (κ3) is 4.70. The second-order valence-corrected chi connectivity index (χ2v) is 8.69. The summed E-state index contributed by atoms with van der Waals surface area (Å²) in [7, 11) is 0. The summed E-state index contributed by atoms with van der Waals surface area (Å²) in [6.07, 6.45) is 6.91. The molecule has 0 spiro atoms. The number of nitrogens with one attached hydrogen (secondary N) is 2. The van der Waals surface area contributed by atoms with E-state index in [4.69, 9.17) is 0 Å². The average molecular weight is 294 g/mol. The second-order valence-electron chi connectivity index (χ2n) is 8.69. The predicted octanol–water partition coefficient (Wildman–Crippen LogP) is 3.34. The topological polar surface area (TPSA) is 41.1 Å². The van der Waals surface area contributed by atoms with E-state index in [2.05, 4.69) is 38.3 Å². The maximum absolute atomic E-state index is 12.4. The van der Waals surface area contributed by atoms with Gasteiger partial charge in [0.1, 0.15) is 0 Å². The maximum atomic E-state index is 12.4. The van der Waals surface area contributed by atoms with Crippen molar-refractivity contribution < 1.29 is 4.79 Å². The quantitative estimate of drug-likeness (QED) is 0.838. The summed E-state index contributed by atoms with van der Waals surface area (Å²) in [5, 5.41) is 6.65. The molecule has 0 atom stereocenters. The fraction of sp³-hybridized carbons (Fsp3) is 0.944. The van der Waals surface area contributed by atoms with E-state index in [1.807, 2.05) is 0 Å². The summed E-state index contributed by atoms with van der Waals surface area (Å²) in [6.45, 7) is 12.3. The minimum absolute atomic E-state index is 0.258. The smallest absolute Gasteiger partial charge is 0.223 e. The summed E-state index contributed by atoms with van der Waals surface area (Å²) < 4.78 is 0. The summed E-state index contributed by atoms with van der Waals surface area (Å²) in [5.74, 6) is 1.35. The first kappa shape index (κ1) is 16.8. The zero-order valence-corrected chi connectivity index (χ0v) is 14.4. The highest BCUT2D eigenvalue weighted by Gasteiger charge is 2.33. The van der Waals surface area contributed by atoms with Crippen LogP contribution in [0.15, 0.2) is 0 Å². The molecule has 0 aromatic heterocycles. The van der Waals surface area contributed by atoms with Crippen LogP contribution < -0.4 is 10.6 Å². The number of carbonyl (C=O) groups excluding carboxylic acids is 1. The van der Waals surface area contributed by atoms with Crippen molar-refractivity contribution in [3.63, 3.8) is 0 Å². The average Bonchev–Trinajstić information content (AvgIpc) is 2.45. The molecule has 1 saturated carbocycles. The molecule has 1 aliphatic heterocycles. The summed E-state index contributed by atoms with van der Waals surface area (Å²) in [4.78, 5) is 12.4. The van der Waals surface area contributed by atoms with Crippen LogP contribution in [0.2, 0.25) is 0 Å². The van der Waals surface area contributed by atoms with Crippen molar-refractivity contribution >= 4 is 5.91 Å². The largest absolute Gasteiger partial charge is 0.355 e. The molecule has 0 radical (unpaired) electrons. The molecule has 1 saturated heterocycles. The van der Waals surface area contributed by atoms with Crippen LogP contribution in [0.25, 0.3) is 0 Å². The lowest BCUT2D eigenvalue weighted by Crippen LogP contribution is -2.44. The molecule has 0 bridgehead atoms. The van der Waals surface area contributed by atoms with Gasteiger partial charge in [-0.15, -0.1) is 0 Å². The zero-order valence-electron chi connectivity index (χ0n) is 14.4. The fourth-order valence-corrected chi connectivity index (χ4v) is 3.87. The SMILES string of the molecule is CC1(CNC(=O)C2CCC(C(C)(C)C)CC2)CCNCC1. The Morgan fingerprint density at radius 3 is 2.24 bits per heavy atom. The number of rotatable bonds is 3. The Morgan fingerprint density at radius 2 is 1.71 bits per heavy atom. The van der Waals surface area contributed by atoms with Gasteiger partial charge in [0, 0.05) is 12.5 Å². The van der Waals surface area contributed by atoms with Crippen LogP contribution in [0.1, 0.15) is 66.2 Å². The van der Waals surface area contributed by atoms with Crippen molar-refractivity contribution in [2.45, 2.75) is 66.2 Å². The van der Waals surface area contributed by atoms with Gasteiger partial charge in [0.25, 0.3) is 0 Å². The van der Waals surface area contributed by atoms with E-state index in [1.165, 1.54) is 25.7 Å². The van der Waals surface area contributed by atoms with Crippen LogP contribution in [-0.4, -0.2) is 25.5 Å². The van der Waals surface area contributed by atoms with Crippen molar-refractivity contribution in [2.75, 3.05) is 19.6 Å². The predicted molar refractivity (Wildman–Crippen MR) is 88.1 cm³/mol. The highest BCUT2D eigenvalue weighted by Crippen LogP contribution is 2.39. The van der Waals surface area contributed by atoms with Gasteiger partial charge >= 0.3 is 0 Å². The standard InChI is InChI=1S/C18H34N2O/c1-17(2,3)15-7-5-14(6-8-15)16(21)20-13-18(4)9-11-19-12-10-18/h14-15,19H,5-13H2,1-4H3,(H,20,21). The molecule has 2 fully saturated rings. The number of hydrogen-bond acceptors (Lipinski definition) is 2. The number of amides is 1. The van der Waals surface area contributed by atoms with Crippen molar-refractivity contribution in [2.24, 2.45) is 22.7 Å². The fourth-order valence-electron chi connectivity index (χ4n) is 3.87. The first-order valence-corrected chi connectivity index (χ1v) is 8.79. The van der Waals surface area contributed by atoms with E-state index in [0.717, 1.165) is 38.4 Å². The van der Waals surface area contributed by atoms with Crippen LogP contribution >= 0.6 is 0 Å². The Hall–Kier alpha value is -0.570. The van der Waals surface area contributed by atoms with Gasteiger partial charge < -0.3 is 10.6 Å². The van der Waals surface area contributed by atoms with E-state index in [9.17, 15) is 4.79 Å². The summed E-state index contributed by atoms with van der Waals surface area (Å²) >= 11 is 0. The molecule has 0 aromatic rings. The minimum atomic E-state index is 0.258. The van der Waals surface area contributed by atoms with Gasteiger partial charge in [-0.25, -0.2) is 0 Å². The van der Waals surface area contributed by atoms with Gasteiger partial charge in [0.05, 0.1) is 0 Å². The van der Waals surface area contributed by atoms with Crippen LogP contribution in [0.4, 0.5) is 0 Å². The molecule has 0 aromatic carbocycles. The minimum Gasteiger partial charge on any atom is -0.355 e. The first-order valence-electron chi connectivity index (χ1n) is 8.79. The van der Waals surface area contributed by atoms with Crippen molar-refractivity contribution in [3.8, 4) is 0 Å². The Balaban J connectivity index is 1.75. The lowest BCUT2D eigenvalue weighted by molar-refractivity contribution is -0.127. The molecular formula is C18H34N2O. The molecule has 3 heteroatoms. The number of carbonyl (C=O) groups is 1. The highest BCUT2D eigenvalue weighted by molar-refractivity contribution is 5.78. The van der Waals surface area contributed by atoms with Crippen LogP contribution in [0.5, 0.6) is 0 Å². The summed E-state index contributed by atoms with van der Waals surface area (Å²) in [5.41, 5.74) is 0.688. The molecule has 2 rings (SSSR count). The van der Waals surface area contributed by atoms with E-state index in [-0.39, 0.29) is 5.92 Å². The van der Waals surface area contributed by atoms with Gasteiger partial charge in [0.2, 0.25) is 5.91 Å². The Kier molecular flexibility index (Phi) is 5.34. The molecule has 1 heterocycles. The van der Waals surface area contributed by atoms with E-state index < -0.39 is 0 Å². The molecule has 0 unspecified atom stereocenters. The zero-order chi connectivity index (χ0) is 15.5. The van der Waals surface area contributed by atoms with Crippen molar-refractivity contribution in [1.82, 2.24) is 10.6 Å². The third-order valence-electron chi connectivity index (χ3n) is 5.82. The van der Waals surface area contributed by atoms with Crippen molar-refractivity contribution in [3.05, 3.63) is 0 Å². The lowest BCUT2D eigenvalue weighted by atomic mass is 9.69. The molecule has 3 nitrogen and oxygen atoms in total. The van der Waals surface area contributed by atoms with Gasteiger partial charge in [-0.05, 0) is 68.4 Å². The van der Waals surface area contributed by atoms with Gasteiger partial charge in [-0.2, -0.15) is 0 Å². The monoisotopic (exact) mass is 294 g/mol. The number of piperidine rings is 1. The Labute approximate surface area is 130 Å². The van der Waals surface area contributed by atoms with Crippen LogP contribution in [-0.2, 0) is 4.79 Å². The molecule has 1 aliphatic carbocycles. The van der Waals surface area contributed by atoms with Gasteiger partial charge in [0.15, 0.2) is 0 Å². The lowest BCUT2D eigenvalue weighted by Gasteiger charge is -2.37. The second kappa shape index (κ2) is 6.68. The van der Waals surface area contributed by atoms with Crippen molar-refractivity contribution in [1.29, 1.82) is 0 Å². The Bertz CT molecular complexity index is 345. The van der Waals surface area contributed by atoms with Crippen LogP contribution in [0, 0.1) is 22.7 Å². The maximum Gasteiger partial charge on any atom is 0.223 e. The van der Waals surface area contributed by atoms with E-state index in [1.54, 1.807) is 0 Å². The third-order valence-corrected chi connectivity index (χ3v) is 5.82. The molecule has 21 heavy (non-hydrogen) atoms.